The molecule has 144 valence electrons. The molecule has 0 aliphatic carbocycles. The summed E-state index contributed by atoms with van der Waals surface area (Å²) in [5.74, 6) is -3.97. The molecule has 2 aromatic rings. The van der Waals surface area contributed by atoms with Crippen LogP contribution >= 0.6 is 0 Å². The van der Waals surface area contributed by atoms with Crippen molar-refractivity contribution < 1.29 is 37.5 Å². The number of alkyl halides is 2. The zero-order chi connectivity index (χ0) is 20.3. The summed E-state index contributed by atoms with van der Waals surface area (Å²) in [5, 5.41) is 2.45. The third kappa shape index (κ3) is 3.80. The first-order valence-electron chi connectivity index (χ1n) is 7.89. The summed E-state index contributed by atoms with van der Waals surface area (Å²) in [6.07, 6.45) is 0. The van der Waals surface area contributed by atoms with Gasteiger partial charge in [-0.15, -0.1) is 0 Å². The van der Waals surface area contributed by atoms with Crippen molar-refractivity contribution in [1.82, 2.24) is 10.4 Å². The third-order valence-electron chi connectivity index (χ3n) is 3.69. The van der Waals surface area contributed by atoms with Gasteiger partial charge in [-0.25, -0.2) is 4.79 Å². The Balaban J connectivity index is 1.61. The number of fused-ring (bicyclic) bond motifs is 1. The minimum absolute atomic E-state index is 0.0856. The van der Waals surface area contributed by atoms with Crippen LogP contribution in [-0.2, 0) is 9.63 Å². The molecule has 1 heterocycles. The van der Waals surface area contributed by atoms with Gasteiger partial charge in [0.2, 0.25) is 0 Å². The smallest absolute Gasteiger partial charge is 0.387 e. The van der Waals surface area contributed by atoms with Gasteiger partial charge >= 0.3 is 12.6 Å². The summed E-state index contributed by atoms with van der Waals surface area (Å²) in [7, 11) is 0. The van der Waals surface area contributed by atoms with Gasteiger partial charge in [-0.2, -0.15) is 8.78 Å². The van der Waals surface area contributed by atoms with Gasteiger partial charge in [0, 0.05) is 0 Å². The molecule has 1 aliphatic heterocycles. The number of hydroxylamine groups is 2. The van der Waals surface area contributed by atoms with Gasteiger partial charge in [0.15, 0.2) is 0 Å². The molecule has 0 saturated heterocycles. The molecule has 1 aliphatic rings. The molecule has 8 nitrogen and oxygen atoms in total. The van der Waals surface area contributed by atoms with Crippen molar-refractivity contribution in [2.45, 2.75) is 6.61 Å². The summed E-state index contributed by atoms with van der Waals surface area (Å²) >= 11 is 0. The molecule has 0 bridgehead atoms. The molecule has 3 amide bonds. The van der Waals surface area contributed by atoms with Gasteiger partial charge < -0.3 is 14.9 Å². The van der Waals surface area contributed by atoms with Crippen LogP contribution in [0.25, 0.3) is 0 Å². The predicted molar refractivity (Wildman–Crippen MR) is 88.4 cm³/mol. The minimum atomic E-state index is -3.13. The summed E-state index contributed by atoms with van der Waals surface area (Å²) in [4.78, 5) is 52.9. The lowest BCUT2D eigenvalue weighted by Gasteiger charge is -2.13. The van der Waals surface area contributed by atoms with Gasteiger partial charge in [-0.3, -0.25) is 14.4 Å². The summed E-state index contributed by atoms with van der Waals surface area (Å²) in [5.41, 5.74) is -0.0545. The molecule has 3 rings (SSSR count). The Kier molecular flexibility index (Phi) is 5.30. The first kappa shape index (κ1) is 19.0. The van der Waals surface area contributed by atoms with E-state index in [-0.39, 0.29) is 22.4 Å². The normalized spacial score (nSPS) is 12.8. The number of para-hydroxylation sites is 1. The maximum absolute atomic E-state index is 12.4. The summed E-state index contributed by atoms with van der Waals surface area (Å²) in [6, 6.07) is 11.1. The Bertz CT molecular complexity index is 928. The van der Waals surface area contributed by atoms with E-state index in [0.29, 0.717) is 5.06 Å². The van der Waals surface area contributed by atoms with E-state index in [1.165, 1.54) is 30.3 Å². The van der Waals surface area contributed by atoms with Gasteiger partial charge in [-0.05, 0) is 24.3 Å². The highest BCUT2D eigenvalue weighted by atomic mass is 19.3. The highest BCUT2D eigenvalue weighted by Crippen LogP contribution is 2.23. The lowest BCUT2D eigenvalue weighted by molar-refractivity contribution is -0.167. The Morgan fingerprint density at radius 2 is 1.54 bits per heavy atom. The molecule has 1 N–H and O–H groups in total. The topological polar surface area (TPSA) is 102 Å². The lowest BCUT2D eigenvalue weighted by atomic mass is 10.1. The number of halogens is 2. The zero-order valence-corrected chi connectivity index (χ0v) is 14.1. The molecule has 0 fully saturated rings. The highest BCUT2D eigenvalue weighted by molar-refractivity contribution is 6.20. The van der Waals surface area contributed by atoms with E-state index in [1.807, 2.05) is 0 Å². The number of amides is 3. The van der Waals surface area contributed by atoms with E-state index in [9.17, 15) is 28.0 Å². The first-order valence-corrected chi connectivity index (χ1v) is 7.89. The van der Waals surface area contributed by atoms with Crippen LogP contribution in [-0.4, -0.2) is 41.9 Å². The average Bonchev–Trinajstić information content (AvgIpc) is 2.91. The molecule has 0 aromatic heterocycles. The molecular formula is C18H12F2N2O6. The van der Waals surface area contributed by atoms with Crippen molar-refractivity contribution >= 4 is 23.7 Å². The second-order valence-electron chi connectivity index (χ2n) is 5.47. The summed E-state index contributed by atoms with van der Waals surface area (Å²) in [6.45, 7) is -3.84. The van der Waals surface area contributed by atoms with E-state index >= 15 is 0 Å². The number of rotatable bonds is 6. The number of nitrogens with one attached hydrogen (secondary N) is 1. The van der Waals surface area contributed by atoms with Crippen LogP contribution in [0.1, 0.15) is 31.1 Å². The largest absolute Gasteiger partial charge is 0.434 e. The molecular weight excluding hydrogens is 378 g/mol. The molecule has 0 radical (unpaired) electrons. The van der Waals surface area contributed by atoms with E-state index in [4.69, 9.17) is 4.84 Å². The Morgan fingerprint density at radius 3 is 2.14 bits per heavy atom. The molecule has 28 heavy (non-hydrogen) atoms. The van der Waals surface area contributed by atoms with Crippen molar-refractivity contribution in [3.8, 4) is 5.75 Å². The minimum Gasteiger partial charge on any atom is -0.434 e. The number of benzene rings is 2. The number of nitrogens with zero attached hydrogens (tertiary/aromatic N) is 1. The molecule has 0 saturated carbocycles. The third-order valence-corrected chi connectivity index (χ3v) is 3.69. The van der Waals surface area contributed by atoms with Crippen molar-refractivity contribution in [2.24, 2.45) is 0 Å². The van der Waals surface area contributed by atoms with Crippen LogP contribution in [0.15, 0.2) is 48.5 Å². The van der Waals surface area contributed by atoms with Crippen molar-refractivity contribution in [2.75, 3.05) is 6.54 Å². The standard InChI is InChI=1S/C18H12F2N2O6/c19-18(20)27-13-8-4-3-7-12(13)15(24)21-9-14(23)28-22-16(25)10-5-1-2-6-11(10)17(22)26/h1-8,18H,9H2,(H,21,24). The Morgan fingerprint density at radius 1 is 0.964 bits per heavy atom. The second-order valence-corrected chi connectivity index (χ2v) is 5.47. The first-order chi connectivity index (χ1) is 13.4. The number of hydrogen-bond donors (Lipinski definition) is 1. The van der Waals surface area contributed by atoms with Crippen molar-refractivity contribution in [3.63, 3.8) is 0 Å². The van der Waals surface area contributed by atoms with E-state index in [0.717, 1.165) is 6.07 Å². The van der Waals surface area contributed by atoms with E-state index in [2.05, 4.69) is 10.1 Å². The van der Waals surface area contributed by atoms with E-state index in [1.54, 1.807) is 12.1 Å². The van der Waals surface area contributed by atoms with Crippen LogP contribution in [0.3, 0.4) is 0 Å². The fourth-order valence-electron chi connectivity index (χ4n) is 2.48. The Hall–Kier alpha value is -3.82. The molecule has 2 aromatic carbocycles. The number of imide groups is 1. The molecule has 0 atom stereocenters. The fraction of sp³-hybridized carbons (Fsp3) is 0.111. The van der Waals surface area contributed by atoms with Crippen LogP contribution in [0.2, 0.25) is 0 Å². The quantitative estimate of drug-likeness (QED) is 0.755. The highest BCUT2D eigenvalue weighted by Gasteiger charge is 2.38. The van der Waals surface area contributed by atoms with Crippen molar-refractivity contribution in [1.29, 1.82) is 0 Å². The monoisotopic (exact) mass is 390 g/mol. The van der Waals surface area contributed by atoms with Gasteiger partial charge in [-0.1, -0.05) is 29.3 Å². The summed E-state index contributed by atoms with van der Waals surface area (Å²) < 4.78 is 29.0. The maximum Gasteiger partial charge on any atom is 0.387 e. The maximum atomic E-state index is 12.4. The Labute approximate surface area is 156 Å². The average molecular weight is 390 g/mol. The number of carbonyl (C=O) groups excluding carboxylic acids is 4. The van der Waals surface area contributed by atoms with Gasteiger partial charge in [0.25, 0.3) is 17.7 Å². The number of ether oxygens (including phenoxy) is 1. The van der Waals surface area contributed by atoms with E-state index < -0.39 is 36.8 Å². The van der Waals surface area contributed by atoms with Gasteiger partial charge in [0.05, 0.1) is 16.7 Å². The predicted octanol–water partition coefficient (Wildman–Crippen LogP) is 1.77. The van der Waals surface area contributed by atoms with Crippen molar-refractivity contribution in [3.05, 3.63) is 65.2 Å². The fourth-order valence-corrected chi connectivity index (χ4v) is 2.48. The van der Waals surface area contributed by atoms with Crippen LogP contribution in [0, 0.1) is 0 Å². The number of carbonyl (C=O) groups is 4. The lowest BCUT2D eigenvalue weighted by Crippen LogP contribution is -2.38. The second kappa shape index (κ2) is 7.82. The number of hydrogen-bond acceptors (Lipinski definition) is 6. The zero-order valence-electron chi connectivity index (χ0n) is 14.1. The van der Waals surface area contributed by atoms with Gasteiger partial charge in [0.1, 0.15) is 12.3 Å². The van der Waals surface area contributed by atoms with Crippen LogP contribution in [0.4, 0.5) is 8.78 Å². The molecule has 10 heteroatoms. The van der Waals surface area contributed by atoms with Crippen LogP contribution < -0.4 is 10.1 Å². The molecule has 0 unspecified atom stereocenters. The SMILES string of the molecule is O=C(CNC(=O)c1ccccc1OC(F)F)ON1C(=O)c2ccccc2C1=O. The molecule has 0 spiro atoms. The van der Waals surface area contributed by atoms with Crippen LogP contribution in [0.5, 0.6) is 5.75 Å².